The van der Waals surface area contributed by atoms with Gasteiger partial charge in [-0.1, -0.05) is 25.1 Å². The Bertz CT molecular complexity index is 326. The number of ether oxygens (including phenoxy) is 1. The van der Waals surface area contributed by atoms with E-state index < -0.39 is 6.10 Å². The third kappa shape index (κ3) is 3.24. The fourth-order valence-corrected chi connectivity index (χ4v) is 1.26. The van der Waals surface area contributed by atoms with Crippen molar-refractivity contribution in [2.45, 2.75) is 19.4 Å². The highest BCUT2D eigenvalue weighted by Gasteiger charge is 2.22. The molecule has 16 heavy (non-hydrogen) atoms. The summed E-state index contributed by atoms with van der Waals surface area (Å²) in [5, 5.41) is 1.18. The minimum Gasteiger partial charge on any atom is -0.481 e. The van der Waals surface area contributed by atoms with Crippen LogP contribution in [0.25, 0.3) is 0 Å². The summed E-state index contributed by atoms with van der Waals surface area (Å²) >= 11 is 0. The lowest BCUT2D eigenvalue weighted by molar-refractivity contribution is -0.176. The summed E-state index contributed by atoms with van der Waals surface area (Å²) in [5.41, 5.74) is 0. The standard InChI is InChI=1S/C12H17NO3/c1-4-11(12(14)13(2)15-3)16-10-8-6-5-7-9-10/h5-9,11H,4H2,1-3H3. The Labute approximate surface area is 95.7 Å². The van der Waals surface area contributed by atoms with Crippen LogP contribution in [0.5, 0.6) is 5.75 Å². The van der Waals surface area contributed by atoms with E-state index >= 15 is 0 Å². The lowest BCUT2D eigenvalue weighted by Gasteiger charge is -2.21. The molecule has 0 aliphatic heterocycles. The zero-order valence-corrected chi connectivity index (χ0v) is 9.84. The van der Waals surface area contributed by atoms with Crippen molar-refractivity contribution >= 4 is 5.91 Å². The van der Waals surface area contributed by atoms with Crippen molar-refractivity contribution in [1.29, 1.82) is 0 Å². The molecule has 1 unspecified atom stereocenters. The second kappa shape index (κ2) is 6.12. The quantitative estimate of drug-likeness (QED) is 0.715. The summed E-state index contributed by atoms with van der Waals surface area (Å²) in [6.07, 6.45) is 0.0916. The van der Waals surface area contributed by atoms with Gasteiger partial charge >= 0.3 is 0 Å². The highest BCUT2D eigenvalue weighted by molar-refractivity contribution is 5.80. The lowest BCUT2D eigenvalue weighted by Crippen LogP contribution is -2.38. The molecular weight excluding hydrogens is 206 g/mol. The number of rotatable bonds is 5. The maximum Gasteiger partial charge on any atom is 0.286 e. The lowest BCUT2D eigenvalue weighted by atomic mass is 10.2. The first-order valence-electron chi connectivity index (χ1n) is 5.22. The van der Waals surface area contributed by atoms with Crippen LogP contribution in [0.1, 0.15) is 13.3 Å². The van der Waals surface area contributed by atoms with Gasteiger partial charge in [0.1, 0.15) is 5.75 Å². The highest BCUT2D eigenvalue weighted by atomic mass is 16.7. The summed E-state index contributed by atoms with van der Waals surface area (Å²) in [6, 6.07) is 9.28. The Morgan fingerprint density at radius 1 is 1.38 bits per heavy atom. The number of amides is 1. The number of likely N-dealkylation sites (N-methyl/N-ethyl adjacent to an activating group) is 1. The van der Waals surface area contributed by atoms with Gasteiger partial charge in [-0.3, -0.25) is 9.63 Å². The normalized spacial score (nSPS) is 11.9. The van der Waals surface area contributed by atoms with Crippen LogP contribution in [-0.4, -0.2) is 31.2 Å². The van der Waals surface area contributed by atoms with Gasteiger partial charge < -0.3 is 4.74 Å². The maximum absolute atomic E-state index is 11.8. The molecule has 0 saturated heterocycles. The highest BCUT2D eigenvalue weighted by Crippen LogP contribution is 2.13. The number of benzene rings is 1. The molecule has 0 N–H and O–H groups in total. The van der Waals surface area contributed by atoms with E-state index in [1.807, 2.05) is 37.3 Å². The van der Waals surface area contributed by atoms with Crippen LogP contribution < -0.4 is 4.74 Å². The second-order valence-corrected chi connectivity index (χ2v) is 3.35. The minimum absolute atomic E-state index is 0.186. The van der Waals surface area contributed by atoms with Crippen LogP contribution >= 0.6 is 0 Å². The van der Waals surface area contributed by atoms with Gasteiger partial charge in [0.2, 0.25) is 0 Å². The Kier molecular flexibility index (Phi) is 4.79. The van der Waals surface area contributed by atoms with E-state index in [-0.39, 0.29) is 5.91 Å². The second-order valence-electron chi connectivity index (χ2n) is 3.35. The molecule has 0 heterocycles. The number of hydrogen-bond donors (Lipinski definition) is 0. The molecule has 0 radical (unpaired) electrons. The van der Waals surface area contributed by atoms with Gasteiger partial charge in [0, 0.05) is 7.05 Å². The van der Waals surface area contributed by atoms with Crippen molar-refractivity contribution in [3.63, 3.8) is 0 Å². The molecule has 0 aliphatic carbocycles. The maximum atomic E-state index is 11.8. The van der Waals surface area contributed by atoms with Gasteiger partial charge in [-0.2, -0.15) is 0 Å². The molecule has 1 rings (SSSR count). The molecule has 88 valence electrons. The fraction of sp³-hybridized carbons (Fsp3) is 0.417. The molecule has 1 atom stereocenters. The molecule has 0 spiro atoms. The van der Waals surface area contributed by atoms with Crippen molar-refractivity contribution in [1.82, 2.24) is 5.06 Å². The van der Waals surface area contributed by atoms with Gasteiger partial charge in [-0.15, -0.1) is 0 Å². The van der Waals surface area contributed by atoms with Gasteiger partial charge in [-0.25, -0.2) is 5.06 Å². The van der Waals surface area contributed by atoms with Crippen LogP contribution in [0.3, 0.4) is 0 Å². The van der Waals surface area contributed by atoms with E-state index in [9.17, 15) is 4.79 Å². The minimum atomic E-state index is -0.507. The number of para-hydroxylation sites is 1. The van der Waals surface area contributed by atoms with Crippen LogP contribution in [0.4, 0.5) is 0 Å². The molecule has 1 amide bonds. The summed E-state index contributed by atoms with van der Waals surface area (Å²) < 4.78 is 5.58. The summed E-state index contributed by atoms with van der Waals surface area (Å²) in [5.74, 6) is 0.501. The third-order valence-corrected chi connectivity index (χ3v) is 2.25. The molecule has 1 aromatic carbocycles. The Morgan fingerprint density at radius 3 is 2.50 bits per heavy atom. The predicted molar refractivity (Wildman–Crippen MR) is 60.9 cm³/mol. The number of hydrogen-bond acceptors (Lipinski definition) is 3. The average Bonchev–Trinajstić information content (AvgIpc) is 2.35. The Hall–Kier alpha value is -1.55. The molecule has 1 aromatic rings. The number of hydroxylamine groups is 2. The fourth-order valence-electron chi connectivity index (χ4n) is 1.26. The van der Waals surface area contributed by atoms with E-state index in [1.165, 1.54) is 12.2 Å². The molecule has 0 fully saturated rings. The molecule has 0 aliphatic rings. The summed E-state index contributed by atoms with van der Waals surface area (Å²) in [6.45, 7) is 1.90. The van der Waals surface area contributed by atoms with Crippen molar-refractivity contribution in [3.8, 4) is 5.75 Å². The first-order chi connectivity index (χ1) is 7.69. The first-order valence-corrected chi connectivity index (χ1v) is 5.22. The Balaban J connectivity index is 2.66. The molecule has 4 heteroatoms. The van der Waals surface area contributed by atoms with Crippen LogP contribution in [0.2, 0.25) is 0 Å². The number of carbonyl (C=O) groups excluding carboxylic acids is 1. The molecule has 4 nitrogen and oxygen atoms in total. The molecular formula is C12H17NO3. The average molecular weight is 223 g/mol. The predicted octanol–water partition coefficient (Wildman–Crippen LogP) is 1.86. The third-order valence-electron chi connectivity index (χ3n) is 2.25. The van der Waals surface area contributed by atoms with Gasteiger partial charge in [-0.05, 0) is 18.6 Å². The van der Waals surface area contributed by atoms with E-state index in [0.717, 1.165) is 0 Å². The first kappa shape index (κ1) is 12.5. The van der Waals surface area contributed by atoms with Crippen LogP contribution in [0.15, 0.2) is 30.3 Å². The smallest absolute Gasteiger partial charge is 0.286 e. The Morgan fingerprint density at radius 2 is 2.00 bits per heavy atom. The van der Waals surface area contributed by atoms with Crippen molar-refractivity contribution in [3.05, 3.63) is 30.3 Å². The molecule has 0 saturated carbocycles. The number of nitrogens with zero attached hydrogens (tertiary/aromatic N) is 1. The van der Waals surface area contributed by atoms with Crippen molar-refractivity contribution < 1.29 is 14.4 Å². The van der Waals surface area contributed by atoms with E-state index in [4.69, 9.17) is 9.57 Å². The zero-order valence-electron chi connectivity index (χ0n) is 9.84. The van der Waals surface area contributed by atoms with Crippen molar-refractivity contribution in [2.75, 3.05) is 14.2 Å². The zero-order chi connectivity index (χ0) is 12.0. The van der Waals surface area contributed by atoms with E-state index in [0.29, 0.717) is 12.2 Å². The van der Waals surface area contributed by atoms with Gasteiger partial charge in [0.25, 0.3) is 5.91 Å². The monoisotopic (exact) mass is 223 g/mol. The van der Waals surface area contributed by atoms with Crippen LogP contribution in [0, 0.1) is 0 Å². The summed E-state index contributed by atoms with van der Waals surface area (Å²) in [4.78, 5) is 16.6. The van der Waals surface area contributed by atoms with E-state index in [2.05, 4.69) is 0 Å². The van der Waals surface area contributed by atoms with Gasteiger partial charge in [0.15, 0.2) is 6.10 Å². The SMILES string of the molecule is CCC(Oc1ccccc1)C(=O)N(C)OC. The summed E-state index contributed by atoms with van der Waals surface area (Å²) in [7, 11) is 3.02. The van der Waals surface area contributed by atoms with Gasteiger partial charge in [0.05, 0.1) is 7.11 Å². The number of carbonyl (C=O) groups is 1. The molecule has 0 bridgehead atoms. The topological polar surface area (TPSA) is 38.8 Å². The molecule has 0 aromatic heterocycles. The van der Waals surface area contributed by atoms with E-state index in [1.54, 1.807) is 7.05 Å². The van der Waals surface area contributed by atoms with Crippen LogP contribution in [-0.2, 0) is 9.63 Å². The van der Waals surface area contributed by atoms with Crippen molar-refractivity contribution in [2.24, 2.45) is 0 Å². The largest absolute Gasteiger partial charge is 0.481 e.